The number of hydrogen-bond donors (Lipinski definition) is 1. The molecule has 1 N–H and O–H groups in total. The van der Waals surface area contributed by atoms with Gasteiger partial charge in [0.2, 0.25) is 0 Å². The molecule has 4 aromatic heterocycles. The first-order valence-corrected chi connectivity index (χ1v) is 10.8. The Bertz CT molecular complexity index is 1320. The monoisotopic (exact) mass is 434 g/mol. The van der Waals surface area contributed by atoms with Crippen molar-refractivity contribution in [1.29, 1.82) is 0 Å². The van der Waals surface area contributed by atoms with Gasteiger partial charge in [-0.15, -0.1) is 0 Å². The SMILES string of the molecule is CN(C)c1ccc(-c2ccc3ncc4c(c3n2)n(C2CCOCC2)c(=O)n4CCO)cn1. The predicted molar refractivity (Wildman–Crippen MR) is 123 cm³/mol. The van der Waals surface area contributed by atoms with Crippen LogP contribution >= 0.6 is 0 Å². The normalized spacial score (nSPS) is 15.0. The summed E-state index contributed by atoms with van der Waals surface area (Å²) in [6.45, 7) is 1.33. The van der Waals surface area contributed by atoms with Gasteiger partial charge in [-0.25, -0.2) is 14.8 Å². The van der Waals surface area contributed by atoms with Gasteiger partial charge in [0.15, 0.2) is 0 Å². The zero-order valence-electron chi connectivity index (χ0n) is 18.2. The Hall–Kier alpha value is -3.30. The quantitative estimate of drug-likeness (QED) is 0.514. The predicted octanol–water partition coefficient (Wildman–Crippen LogP) is 2.22. The molecule has 5 heterocycles. The molecule has 32 heavy (non-hydrogen) atoms. The van der Waals surface area contributed by atoms with Crippen LogP contribution in [0.25, 0.3) is 33.3 Å². The summed E-state index contributed by atoms with van der Waals surface area (Å²) in [5, 5.41) is 9.56. The Morgan fingerprint density at radius 2 is 1.94 bits per heavy atom. The van der Waals surface area contributed by atoms with Crippen LogP contribution in [0.15, 0.2) is 41.5 Å². The number of aliphatic hydroxyl groups is 1. The van der Waals surface area contributed by atoms with Crippen LogP contribution in [0.4, 0.5) is 5.82 Å². The minimum atomic E-state index is -0.139. The summed E-state index contributed by atoms with van der Waals surface area (Å²) in [7, 11) is 3.90. The van der Waals surface area contributed by atoms with Gasteiger partial charge >= 0.3 is 5.69 Å². The fraction of sp³-hybridized carbons (Fsp3) is 0.391. The van der Waals surface area contributed by atoms with Gasteiger partial charge in [-0.3, -0.25) is 14.1 Å². The second kappa shape index (κ2) is 8.33. The van der Waals surface area contributed by atoms with Crippen LogP contribution in [-0.2, 0) is 11.3 Å². The van der Waals surface area contributed by atoms with Gasteiger partial charge in [0.25, 0.3) is 0 Å². The lowest BCUT2D eigenvalue weighted by atomic mass is 10.1. The summed E-state index contributed by atoms with van der Waals surface area (Å²) >= 11 is 0. The number of pyridine rings is 3. The van der Waals surface area contributed by atoms with Gasteiger partial charge in [0.1, 0.15) is 11.3 Å². The Balaban J connectivity index is 1.74. The molecule has 0 radical (unpaired) electrons. The van der Waals surface area contributed by atoms with Gasteiger partial charge in [0.05, 0.1) is 41.6 Å². The molecule has 4 aromatic rings. The lowest BCUT2D eigenvalue weighted by molar-refractivity contribution is 0.0695. The average Bonchev–Trinajstić information content (AvgIpc) is 3.11. The van der Waals surface area contributed by atoms with E-state index >= 15 is 0 Å². The summed E-state index contributed by atoms with van der Waals surface area (Å²) < 4.78 is 8.95. The number of aromatic nitrogens is 5. The highest BCUT2D eigenvalue weighted by atomic mass is 16.5. The molecule has 5 rings (SSSR count). The maximum atomic E-state index is 13.4. The maximum Gasteiger partial charge on any atom is 0.329 e. The maximum absolute atomic E-state index is 13.4. The summed E-state index contributed by atoms with van der Waals surface area (Å²) in [5.41, 5.74) is 4.38. The molecule has 1 saturated heterocycles. The Morgan fingerprint density at radius 3 is 2.62 bits per heavy atom. The second-order valence-corrected chi connectivity index (χ2v) is 8.23. The van der Waals surface area contributed by atoms with E-state index in [0.29, 0.717) is 24.2 Å². The van der Waals surface area contributed by atoms with Crippen LogP contribution in [0.1, 0.15) is 18.9 Å². The molecule has 0 aromatic carbocycles. The van der Waals surface area contributed by atoms with E-state index in [2.05, 4.69) is 9.97 Å². The molecule has 0 amide bonds. The smallest absolute Gasteiger partial charge is 0.329 e. The van der Waals surface area contributed by atoms with E-state index < -0.39 is 0 Å². The first-order chi connectivity index (χ1) is 15.6. The van der Waals surface area contributed by atoms with Crippen molar-refractivity contribution in [2.24, 2.45) is 0 Å². The molecule has 1 fully saturated rings. The first-order valence-electron chi connectivity index (χ1n) is 10.8. The Morgan fingerprint density at radius 1 is 1.12 bits per heavy atom. The minimum Gasteiger partial charge on any atom is -0.395 e. The lowest BCUT2D eigenvalue weighted by Crippen LogP contribution is -2.31. The van der Waals surface area contributed by atoms with Gasteiger partial charge in [-0.1, -0.05) is 0 Å². The summed E-state index contributed by atoms with van der Waals surface area (Å²) in [4.78, 5) is 29.3. The number of aliphatic hydroxyl groups excluding tert-OH is 1. The highest BCUT2D eigenvalue weighted by molar-refractivity contribution is 6.00. The number of fused-ring (bicyclic) bond motifs is 3. The van der Waals surface area contributed by atoms with Crippen LogP contribution in [0, 0.1) is 0 Å². The van der Waals surface area contributed by atoms with Crippen LogP contribution in [0.2, 0.25) is 0 Å². The molecule has 0 spiro atoms. The van der Waals surface area contributed by atoms with Crippen molar-refractivity contribution in [3.63, 3.8) is 0 Å². The van der Waals surface area contributed by atoms with Crippen LogP contribution < -0.4 is 10.6 Å². The summed E-state index contributed by atoms with van der Waals surface area (Å²) in [6.07, 6.45) is 5.04. The number of ether oxygens (including phenoxy) is 1. The van der Waals surface area contributed by atoms with Crippen molar-refractivity contribution >= 4 is 27.9 Å². The fourth-order valence-electron chi connectivity index (χ4n) is 4.37. The van der Waals surface area contributed by atoms with E-state index in [-0.39, 0.29) is 24.9 Å². The summed E-state index contributed by atoms with van der Waals surface area (Å²) in [5.74, 6) is 0.869. The molecular weight excluding hydrogens is 408 g/mol. The number of imidazole rings is 1. The third-order valence-electron chi connectivity index (χ3n) is 6.02. The van der Waals surface area contributed by atoms with E-state index in [9.17, 15) is 9.90 Å². The highest BCUT2D eigenvalue weighted by Gasteiger charge is 2.25. The number of hydrogen-bond acceptors (Lipinski definition) is 7. The largest absolute Gasteiger partial charge is 0.395 e. The molecule has 0 bridgehead atoms. The van der Waals surface area contributed by atoms with Crippen molar-refractivity contribution in [3.8, 4) is 11.3 Å². The van der Waals surface area contributed by atoms with Crippen molar-refractivity contribution < 1.29 is 9.84 Å². The molecular formula is C23H26N6O3. The third kappa shape index (κ3) is 3.43. The minimum absolute atomic E-state index is 0.0239. The average molecular weight is 435 g/mol. The standard InChI is InChI=1S/C23H26N6O3/c1-27(2)20-6-3-15(13-25-20)17-4-5-18-21(26-17)22-19(14-24-18)28(9-10-30)23(31)29(22)16-7-11-32-12-8-16/h3-6,13-14,16,30H,7-12H2,1-2H3. The number of rotatable bonds is 5. The molecule has 1 aliphatic rings. The number of nitrogens with zero attached hydrogens (tertiary/aromatic N) is 6. The molecule has 0 saturated carbocycles. The van der Waals surface area contributed by atoms with E-state index in [4.69, 9.17) is 9.72 Å². The fourth-order valence-corrected chi connectivity index (χ4v) is 4.37. The summed E-state index contributed by atoms with van der Waals surface area (Å²) in [6, 6.07) is 7.83. The second-order valence-electron chi connectivity index (χ2n) is 8.23. The van der Waals surface area contributed by atoms with Crippen molar-refractivity contribution in [3.05, 3.63) is 47.1 Å². The molecule has 166 valence electrons. The molecule has 1 aliphatic heterocycles. The van der Waals surface area contributed by atoms with Gasteiger partial charge < -0.3 is 14.7 Å². The molecule has 0 aliphatic carbocycles. The zero-order valence-corrected chi connectivity index (χ0v) is 18.2. The Kier molecular flexibility index (Phi) is 5.36. The van der Waals surface area contributed by atoms with Crippen LogP contribution in [0.5, 0.6) is 0 Å². The lowest BCUT2D eigenvalue weighted by Gasteiger charge is -2.23. The van der Waals surface area contributed by atoms with Crippen molar-refractivity contribution in [2.75, 3.05) is 38.8 Å². The van der Waals surface area contributed by atoms with Gasteiger partial charge in [-0.2, -0.15) is 0 Å². The highest BCUT2D eigenvalue weighted by Crippen LogP contribution is 2.30. The van der Waals surface area contributed by atoms with E-state index in [1.807, 2.05) is 47.8 Å². The first kappa shape index (κ1) is 20.6. The third-order valence-corrected chi connectivity index (χ3v) is 6.02. The molecule has 0 atom stereocenters. The van der Waals surface area contributed by atoms with Gasteiger partial charge in [0, 0.05) is 45.1 Å². The van der Waals surface area contributed by atoms with E-state index in [1.54, 1.807) is 17.0 Å². The van der Waals surface area contributed by atoms with Crippen molar-refractivity contribution in [2.45, 2.75) is 25.4 Å². The van der Waals surface area contributed by atoms with Crippen LogP contribution in [0.3, 0.4) is 0 Å². The zero-order chi connectivity index (χ0) is 22.2. The molecule has 9 nitrogen and oxygen atoms in total. The Labute approximate surface area is 184 Å². The topological polar surface area (TPSA) is 98.3 Å². The van der Waals surface area contributed by atoms with Gasteiger partial charge in [-0.05, 0) is 37.1 Å². The van der Waals surface area contributed by atoms with E-state index in [0.717, 1.165) is 41.0 Å². The molecule has 0 unspecified atom stereocenters. The van der Waals surface area contributed by atoms with Crippen LogP contribution in [-0.4, -0.2) is 63.1 Å². The van der Waals surface area contributed by atoms with Crippen molar-refractivity contribution in [1.82, 2.24) is 24.1 Å². The molecule has 9 heteroatoms. The van der Waals surface area contributed by atoms with E-state index in [1.165, 1.54) is 0 Å². The number of anilines is 1.